The van der Waals surface area contributed by atoms with Gasteiger partial charge in [0.1, 0.15) is 16.6 Å². The first-order valence-electron chi connectivity index (χ1n) is 5.99. The molecule has 0 aromatic carbocycles. The van der Waals surface area contributed by atoms with Gasteiger partial charge in [-0.1, -0.05) is 0 Å². The van der Waals surface area contributed by atoms with Crippen molar-refractivity contribution in [1.82, 2.24) is 15.3 Å². The smallest absolute Gasteiger partial charge is 0.395 e. The molecule has 2 aromatic rings. The monoisotopic (exact) mass is 291 g/mol. The van der Waals surface area contributed by atoms with Crippen molar-refractivity contribution in [3.05, 3.63) is 46.1 Å². The Labute approximate surface area is 119 Å². The number of anilines is 1. The molecule has 21 heavy (non-hydrogen) atoms. The summed E-state index contributed by atoms with van der Waals surface area (Å²) in [4.78, 5) is 31.6. The summed E-state index contributed by atoms with van der Waals surface area (Å²) in [7, 11) is 3.68. The van der Waals surface area contributed by atoms with E-state index >= 15 is 0 Å². The van der Waals surface area contributed by atoms with E-state index in [9.17, 15) is 14.9 Å². The van der Waals surface area contributed by atoms with E-state index in [1.54, 1.807) is 12.3 Å². The number of aromatic nitrogens is 2. The third kappa shape index (κ3) is 3.53. The summed E-state index contributed by atoms with van der Waals surface area (Å²) >= 11 is 0. The number of nitro groups is 1. The van der Waals surface area contributed by atoms with Gasteiger partial charge in [0, 0.05) is 20.3 Å². The highest BCUT2D eigenvalue weighted by Crippen LogP contribution is 2.15. The lowest BCUT2D eigenvalue weighted by atomic mass is 10.4. The first kappa shape index (κ1) is 14.4. The molecule has 0 atom stereocenters. The molecule has 0 saturated carbocycles. The molecule has 110 valence electrons. The van der Waals surface area contributed by atoms with E-state index in [-0.39, 0.29) is 12.3 Å². The summed E-state index contributed by atoms with van der Waals surface area (Å²) in [5, 5.41) is 13.0. The molecule has 9 heteroatoms. The lowest BCUT2D eigenvalue weighted by Crippen LogP contribution is -2.24. The first-order chi connectivity index (χ1) is 9.97. The molecular formula is C12H13N5O4. The summed E-state index contributed by atoms with van der Waals surface area (Å²) in [5.74, 6) is -0.0445. The van der Waals surface area contributed by atoms with Gasteiger partial charge in [-0.25, -0.2) is 9.97 Å². The van der Waals surface area contributed by atoms with Crippen molar-refractivity contribution in [1.29, 1.82) is 0 Å². The van der Waals surface area contributed by atoms with Gasteiger partial charge in [-0.3, -0.25) is 14.9 Å². The maximum Gasteiger partial charge on any atom is 0.433 e. The van der Waals surface area contributed by atoms with Gasteiger partial charge >= 0.3 is 5.88 Å². The average molecular weight is 291 g/mol. The normalized spacial score (nSPS) is 10.2. The number of amides is 1. The second-order valence-corrected chi connectivity index (χ2v) is 4.30. The maximum absolute atomic E-state index is 11.8. The van der Waals surface area contributed by atoms with Gasteiger partial charge in [0.25, 0.3) is 5.91 Å². The molecule has 0 radical (unpaired) electrons. The number of furan rings is 1. The number of hydrogen-bond acceptors (Lipinski definition) is 7. The lowest BCUT2D eigenvalue weighted by Gasteiger charge is -2.11. The third-order valence-corrected chi connectivity index (χ3v) is 2.55. The van der Waals surface area contributed by atoms with Gasteiger partial charge in [0.2, 0.25) is 0 Å². The van der Waals surface area contributed by atoms with Crippen LogP contribution in [0.3, 0.4) is 0 Å². The van der Waals surface area contributed by atoms with Crippen LogP contribution in [-0.4, -0.2) is 34.9 Å². The molecule has 0 bridgehead atoms. The van der Waals surface area contributed by atoms with Gasteiger partial charge in [0.05, 0.1) is 12.6 Å². The second kappa shape index (κ2) is 5.99. The van der Waals surface area contributed by atoms with Crippen molar-refractivity contribution >= 4 is 17.6 Å². The van der Waals surface area contributed by atoms with E-state index in [0.29, 0.717) is 11.6 Å². The summed E-state index contributed by atoms with van der Waals surface area (Å²) in [6, 6.07) is 4.10. The topological polar surface area (TPSA) is 114 Å². The zero-order chi connectivity index (χ0) is 15.4. The Morgan fingerprint density at radius 3 is 2.81 bits per heavy atom. The Morgan fingerprint density at radius 1 is 1.43 bits per heavy atom. The highest BCUT2D eigenvalue weighted by atomic mass is 16.6. The van der Waals surface area contributed by atoms with Crippen LogP contribution in [0, 0.1) is 10.1 Å². The van der Waals surface area contributed by atoms with Gasteiger partial charge in [-0.05, 0) is 12.1 Å². The minimum Gasteiger partial charge on any atom is -0.395 e. The molecule has 0 spiro atoms. The molecule has 2 aromatic heterocycles. The highest BCUT2D eigenvalue weighted by molar-refractivity contribution is 5.91. The molecule has 0 fully saturated rings. The van der Waals surface area contributed by atoms with E-state index in [2.05, 4.69) is 15.3 Å². The quantitative estimate of drug-likeness (QED) is 0.644. The Morgan fingerprint density at radius 2 is 2.19 bits per heavy atom. The largest absolute Gasteiger partial charge is 0.433 e. The van der Waals surface area contributed by atoms with Crippen molar-refractivity contribution in [2.24, 2.45) is 0 Å². The van der Waals surface area contributed by atoms with Crippen molar-refractivity contribution in [3.8, 4) is 0 Å². The maximum atomic E-state index is 11.8. The minimum absolute atomic E-state index is 0.0923. The number of nitrogens with one attached hydrogen (secondary N) is 1. The van der Waals surface area contributed by atoms with Gasteiger partial charge in [0.15, 0.2) is 5.76 Å². The number of hydrogen-bond donors (Lipinski definition) is 1. The van der Waals surface area contributed by atoms with Crippen molar-refractivity contribution in [2.45, 2.75) is 6.54 Å². The predicted molar refractivity (Wildman–Crippen MR) is 72.9 cm³/mol. The summed E-state index contributed by atoms with van der Waals surface area (Å²) in [6.45, 7) is 0.0923. The molecule has 9 nitrogen and oxygen atoms in total. The van der Waals surface area contributed by atoms with E-state index in [4.69, 9.17) is 4.42 Å². The molecule has 0 unspecified atom stereocenters. The second-order valence-electron chi connectivity index (χ2n) is 4.30. The summed E-state index contributed by atoms with van der Waals surface area (Å²) in [5.41, 5.74) is 0. The average Bonchev–Trinajstić information content (AvgIpc) is 2.95. The predicted octanol–water partition coefficient (Wildman–Crippen LogP) is 0.974. The SMILES string of the molecule is CN(C)c1ccnc(CNC(=O)c2ccc([N+](=O)[O-])o2)n1. The van der Waals surface area contributed by atoms with Crippen molar-refractivity contribution < 1.29 is 14.1 Å². The minimum atomic E-state index is -0.708. The molecule has 2 rings (SSSR count). The Hall–Kier alpha value is -2.97. The Bertz CT molecular complexity index is 667. The van der Waals surface area contributed by atoms with Gasteiger partial charge in [-0.2, -0.15) is 0 Å². The Balaban J connectivity index is 2.00. The first-order valence-corrected chi connectivity index (χ1v) is 5.99. The number of rotatable bonds is 5. The van der Waals surface area contributed by atoms with E-state index in [1.165, 1.54) is 6.07 Å². The van der Waals surface area contributed by atoms with Crippen LogP contribution >= 0.6 is 0 Å². The van der Waals surface area contributed by atoms with Gasteiger partial charge < -0.3 is 14.6 Å². The molecule has 1 amide bonds. The van der Waals surface area contributed by atoms with Crippen LogP contribution in [-0.2, 0) is 6.54 Å². The molecule has 0 aliphatic heterocycles. The van der Waals surface area contributed by atoms with E-state index in [0.717, 1.165) is 6.07 Å². The Kier molecular flexibility index (Phi) is 4.12. The number of carbonyl (C=O) groups is 1. The zero-order valence-corrected chi connectivity index (χ0v) is 11.4. The van der Waals surface area contributed by atoms with Crippen LogP contribution in [0.25, 0.3) is 0 Å². The van der Waals surface area contributed by atoms with Crippen LogP contribution < -0.4 is 10.2 Å². The molecule has 1 N–H and O–H groups in total. The van der Waals surface area contributed by atoms with Crippen LogP contribution in [0.5, 0.6) is 0 Å². The number of carbonyl (C=O) groups excluding carboxylic acids is 1. The van der Waals surface area contributed by atoms with Crippen LogP contribution in [0.4, 0.5) is 11.7 Å². The fourth-order valence-electron chi connectivity index (χ4n) is 1.52. The molecule has 0 aliphatic carbocycles. The standard InChI is InChI=1S/C12H13N5O4/c1-16(2)10-5-6-13-9(15-10)7-14-12(18)8-3-4-11(21-8)17(19)20/h3-6H,7H2,1-2H3,(H,14,18). The lowest BCUT2D eigenvalue weighted by molar-refractivity contribution is -0.402. The fraction of sp³-hybridized carbons (Fsp3) is 0.250. The fourth-order valence-corrected chi connectivity index (χ4v) is 1.52. The molecule has 0 aliphatic rings. The van der Waals surface area contributed by atoms with Crippen molar-refractivity contribution in [3.63, 3.8) is 0 Å². The van der Waals surface area contributed by atoms with Crippen LogP contribution in [0.1, 0.15) is 16.4 Å². The summed E-state index contributed by atoms with van der Waals surface area (Å²) < 4.78 is 4.80. The highest BCUT2D eigenvalue weighted by Gasteiger charge is 2.17. The van der Waals surface area contributed by atoms with E-state index in [1.807, 2.05) is 19.0 Å². The summed E-state index contributed by atoms with van der Waals surface area (Å²) in [6.07, 6.45) is 1.58. The molecular weight excluding hydrogens is 278 g/mol. The van der Waals surface area contributed by atoms with Crippen LogP contribution in [0.2, 0.25) is 0 Å². The van der Waals surface area contributed by atoms with Gasteiger partial charge in [-0.15, -0.1) is 0 Å². The van der Waals surface area contributed by atoms with E-state index < -0.39 is 16.7 Å². The number of nitrogens with zero attached hydrogens (tertiary/aromatic N) is 4. The molecule has 2 heterocycles. The third-order valence-electron chi connectivity index (χ3n) is 2.55. The van der Waals surface area contributed by atoms with Crippen LogP contribution in [0.15, 0.2) is 28.8 Å². The zero-order valence-electron chi connectivity index (χ0n) is 11.4. The van der Waals surface area contributed by atoms with Crippen molar-refractivity contribution in [2.75, 3.05) is 19.0 Å². The molecule has 0 saturated heterocycles.